The lowest BCUT2D eigenvalue weighted by Crippen LogP contribution is -2.53. The first-order valence-electron chi connectivity index (χ1n) is 23.1. The molecule has 3 aromatic carbocycles. The van der Waals surface area contributed by atoms with Crippen LogP contribution >= 0.6 is 23.2 Å². The van der Waals surface area contributed by atoms with E-state index in [9.17, 15) is 28.8 Å². The molecule has 3 saturated heterocycles. The van der Waals surface area contributed by atoms with Crippen molar-refractivity contribution in [2.24, 2.45) is 0 Å². The molecular formula is C49H60Cl2FN7O9. The number of hydrogen-bond donors (Lipinski definition) is 5. The van der Waals surface area contributed by atoms with E-state index < -0.39 is 35.3 Å². The third-order valence-electron chi connectivity index (χ3n) is 13.6. The number of likely N-dealkylation sites (tertiary alicyclic amines) is 1. The molecule has 5 atom stereocenters. The Morgan fingerprint density at radius 3 is 2.28 bits per heavy atom. The fraction of sp³-hybridized carbons (Fsp3) is 0.490. The average molecular weight is 981 g/mol. The van der Waals surface area contributed by atoms with Gasteiger partial charge in [-0.2, -0.15) is 0 Å². The van der Waals surface area contributed by atoms with Gasteiger partial charge in [0.2, 0.25) is 37.0 Å². The highest BCUT2D eigenvalue weighted by atomic mass is 35.5. The molecule has 16 nitrogen and oxygen atoms in total. The average Bonchev–Trinajstić information content (AvgIpc) is 3.91. The van der Waals surface area contributed by atoms with Crippen molar-refractivity contribution >= 4 is 83.7 Å². The highest BCUT2D eigenvalue weighted by Crippen LogP contribution is 2.56. The normalized spacial score (nSPS) is 23.1. The summed E-state index contributed by atoms with van der Waals surface area (Å²) in [5, 5.41) is 19.6. The van der Waals surface area contributed by atoms with Crippen molar-refractivity contribution in [3.8, 4) is 5.75 Å². The zero-order valence-corrected chi connectivity index (χ0v) is 39.8. The molecule has 5 fully saturated rings. The molecule has 3 unspecified atom stereocenters. The van der Waals surface area contributed by atoms with Gasteiger partial charge < -0.3 is 35.2 Å². The number of carboxylic acid groups (broad SMARTS) is 1. The molecule has 6 amide bonds. The summed E-state index contributed by atoms with van der Waals surface area (Å²) in [6, 6.07) is 14.5. The zero-order chi connectivity index (χ0) is 49.0. The van der Waals surface area contributed by atoms with Crippen LogP contribution in [-0.4, -0.2) is 110 Å². The number of carbonyl (C=O) groups is 7. The van der Waals surface area contributed by atoms with E-state index in [1.54, 1.807) is 47.4 Å². The molecule has 3 aromatic rings. The molecule has 0 bridgehead atoms. The fourth-order valence-corrected chi connectivity index (χ4v) is 10.9. The van der Waals surface area contributed by atoms with E-state index in [4.69, 9.17) is 37.8 Å². The number of carbonyl (C=O) groups excluding carboxylic acids is 6. The monoisotopic (exact) mass is 979 g/mol. The minimum Gasteiger partial charge on any atom is -0.488 e. The standard InChI is InChI=1S/C29H34Cl2FN3O2.C19H24N4O5.CH2O2/c30-18-12-13-20(23(16-18)33-17-36)25-24(21-10-7-11-22(31)26(21)32)27(35-29(25)14-5-2-6-15-29)28(37)34-19-8-3-1-4-9-19;1-21(2)17-9-13(28-14-7-8-22(10-14)11-24)3-4-15(17)23(12-25)16-5-6-18(26)20-19(16)27;2-1-3/h7,10-13,16-17,19,24-25,27,35H,1-6,8-9,14-15H2,(H,33,36)(H,34,37);3-4,9,11-12,14,16H,5-8,10H2,1-2H3,(H,20,26,27);1H,(H,2,3)/t24-,25?,27-;;/m1../s1. The van der Waals surface area contributed by atoms with Gasteiger partial charge in [-0.1, -0.05) is 79.9 Å². The molecule has 5 N–H and O–H groups in total. The van der Waals surface area contributed by atoms with E-state index in [-0.39, 0.29) is 54.2 Å². The van der Waals surface area contributed by atoms with Crippen LogP contribution in [0.25, 0.3) is 0 Å². The second kappa shape index (κ2) is 24.0. The first-order chi connectivity index (χ1) is 32.8. The summed E-state index contributed by atoms with van der Waals surface area (Å²) < 4.78 is 21.7. The minimum absolute atomic E-state index is 0.0367. The molecule has 0 aromatic heterocycles. The van der Waals surface area contributed by atoms with E-state index in [0.717, 1.165) is 76.2 Å². The van der Waals surface area contributed by atoms with Gasteiger partial charge in [0.05, 0.1) is 29.0 Å². The molecular weight excluding hydrogens is 920 g/mol. The molecule has 3 aliphatic heterocycles. The summed E-state index contributed by atoms with van der Waals surface area (Å²) in [6.07, 6.45) is 13.4. The number of rotatable bonds is 13. The third kappa shape index (κ3) is 12.1. The maximum Gasteiger partial charge on any atom is 0.290 e. The number of imide groups is 1. The molecule has 0 radical (unpaired) electrons. The Labute approximate surface area is 405 Å². The molecule has 68 heavy (non-hydrogen) atoms. The summed E-state index contributed by atoms with van der Waals surface area (Å²) in [4.78, 5) is 85.0. The lowest BCUT2D eigenvalue weighted by Gasteiger charge is -2.41. The van der Waals surface area contributed by atoms with Crippen molar-refractivity contribution in [3.63, 3.8) is 0 Å². The van der Waals surface area contributed by atoms with Crippen molar-refractivity contribution in [3.05, 3.63) is 81.6 Å². The number of halogens is 3. The number of hydrogen-bond acceptors (Lipinski definition) is 10. The molecule has 1 spiro atoms. The van der Waals surface area contributed by atoms with Crippen LogP contribution in [0.15, 0.2) is 54.6 Å². The van der Waals surface area contributed by atoms with Gasteiger partial charge in [-0.05, 0) is 73.6 Å². The van der Waals surface area contributed by atoms with Crippen LogP contribution in [0.3, 0.4) is 0 Å². The Kier molecular flexibility index (Phi) is 18.2. The number of anilines is 3. The maximum absolute atomic E-state index is 15.7. The van der Waals surface area contributed by atoms with Gasteiger partial charge in [0.15, 0.2) is 0 Å². The highest BCUT2D eigenvalue weighted by Gasteiger charge is 2.57. The summed E-state index contributed by atoms with van der Waals surface area (Å²) in [5.74, 6) is -1.57. The summed E-state index contributed by atoms with van der Waals surface area (Å²) >= 11 is 12.6. The molecule has 5 aliphatic rings. The topological polar surface area (TPSA) is 207 Å². The first-order valence-corrected chi connectivity index (χ1v) is 23.9. The second-order valence-electron chi connectivity index (χ2n) is 18.1. The van der Waals surface area contributed by atoms with Gasteiger partial charge >= 0.3 is 0 Å². The van der Waals surface area contributed by atoms with Crippen molar-refractivity contribution in [2.45, 2.75) is 125 Å². The minimum atomic E-state index is -0.739. The van der Waals surface area contributed by atoms with Gasteiger partial charge in [-0.3, -0.25) is 44.2 Å². The summed E-state index contributed by atoms with van der Waals surface area (Å²) in [5.41, 5.74) is 2.69. The van der Waals surface area contributed by atoms with Crippen LogP contribution in [0.2, 0.25) is 10.0 Å². The van der Waals surface area contributed by atoms with Crippen LogP contribution in [0.5, 0.6) is 5.75 Å². The maximum atomic E-state index is 15.7. The molecule has 19 heteroatoms. The van der Waals surface area contributed by atoms with Crippen molar-refractivity contribution in [2.75, 3.05) is 42.3 Å². The number of benzene rings is 3. The molecule has 3 heterocycles. The Morgan fingerprint density at radius 2 is 1.63 bits per heavy atom. The van der Waals surface area contributed by atoms with E-state index >= 15 is 4.39 Å². The first kappa shape index (κ1) is 51.6. The predicted molar refractivity (Wildman–Crippen MR) is 257 cm³/mol. The van der Waals surface area contributed by atoms with Crippen LogP contribution < -0.4 is 35.8 Å². The van der Waals surface area contributed by atoms with E-state index in [1.165, 1.54) is 17.4 Å². The number of amides is 6. The van der Waals surface area contributed by atoms with Crippen molar-refractivity contribution < 1.29 is 47.8 Å². The van der Waals surface area contributed by atoms with E-state index in [2.05, 4.69) is 21.3 Å². The summed E-state index contributed by atoms with van der Waals surface area (Å²) in [6.45, 7) is 0.959. The molecule has 366 valence electrons. The summed E-state index contributed by atoms with van der Waals surface area (Å²) in [7, 11) is 3.67. The molecule has 2 aliphatic carbocycles. The van der Waals surface area contributed by atoms with E-state index in [0.29, 0.717) is 59.3 Å². The third-order valence-corrected chi connectivity index (χ3v) is 14.2. The fourth-order valence-electron chi connectivity index (χ4n) is 10.6. The number of nitrogens with zero attached hydrogens (tertiary/aromatic N) is 3. The van der Waals surface area contributed by atoms with Crippen LogP contribution in [0.4, 0.5) is 21.5 Å². The van der Waals surface area contributed by atoms with Crippen LogP contribution in [0.1, 0.15) is 106 Å². The van der Waals surface area contributed by atoms with Gasteiger partial charge in [0.1, 0.15) is 23.7 Å². The van der Waals surface area contributed by atoms with Gasteiger partial charge in [0.25, 0.3) is 6.47 Å². The lowest BCUT2D eigenvalue weighted by atomic mass is 9.66. The number of ether oxygens (including phenoxy) is 1. The molecule has 2 saturated carbocycles. The van der Waals surface area contributed by atoms with Gasteiger partial charge in [-0.25, -0.2) is 4.39 Å². The van der Waals surface area contributed by atoms with Gasteiger partial charge in [0, 0.05) is 73.7 Å². The van der Waals surface area contributed by atoms with Crippen molar-refractivity contribution in [1.29, 1.82) is 0 Å². The van der Waals surface area contributed by atoms with Crippen LogP contribution in [0, 0.1) is 5.82 Å². The SMILES string of the molecule is CN(C)c1cc(OC2CCN(C=O)C2)ccc1N(C=O)C1CCC(=O)NC1=O.O=CNc1cc(Cl)ccc1C1[C@@H](c2cccc(Cl)c2F)[C@H](C(=O)NC2CCCCC2)NC12CCCCC2.O=CO. The van der Waals surface area contributed by atoms with Gasteiger partial charge in [-0.15, -0.1) is 0 Å². The second-order valence-corrected chi connectivity index (χ2v) is 18.9. The Morgan fingerprint density at radius 1 is 0.912 bits per heavy atom. The van der Waals surface area contributed by atoms with Crippen LogP contribution in [-0.2, 0) is 33.6 Å². The van der Waals surface area contributed by atoms with Crippen molar-refractivity contribution in [1.82, 2.24) is 20.9 Å². The smallest absolute Gasteiger partial charge is 0.290 e. The Hall–Kier alpha value is -5.78. The highest BCUT2D eigenvalue weighted by molar-refractivity contribution is 6.31. The predicted octanol–water partition coefficient (Wildman–Crippen LogP) is 6.52. The number of piperidine rings is 1. The lowest BCUT2D eigenvalue weighted by molar-refractivity contribution is -0.135. The molecule has 8 rings (SSSR count). The Balaban J connectivity index is 0.000000219. The Bertz CT molecular complexity index is 2290. The van der Waals surface area contributed by atoms with E-state index in [1.807, 2.05) is 25.1 Å². The quantitative estimate of drug-likeness (QED) is 0.0921. The largest absolute Gasteiger partial charge is 0.488 e. The number of nitrogens with one attached hydrogen (secondary N) is 4. The zero-order valence-electron chi connectivity index (χ0n) is 38.3.